The highest BCUT2D eigenvalue weighted by atomic mass is 16.2. The zero-order valence-electron chi connectivity index (χ0n) is 11.2. The van der Waals surface area contributed by atoms with E-state index in [0.717, 1.165) is 24.3 Å². The Morgan fingerprint density at radius 3 is 3.00 bits per heavy atom. The summed E-state index contributed by atoms with van der Waals surface area (Å²) in [5, 5.41) is 0. The average Bonchev–Trinajstić information content (AvgIpc) is 2.91. The van der Waals surface area contributed by atoms with Crippen molar-refractivity contribution >= 4 is 11.6 Å². The molecule has 1 aliphatic rings. The van der Waals surface area contributed by atoms with Gasteiger partial charge in [-0.15, -0.1) is 0 Å². The van der Waals surface area contributed by atoms with E-state index in [0.29, 0.717) is 18.5 Å². The van der Waals surface area contributed by atoms with Gasteiger partial charge in [0.15, 0.2) is 0 Å². The second kappa shape index (κ2) is 5.43. The molecule has 2 N–H and O–H groups in total. The average molecular weight is 267 g/mol. The van der Waals surface area contributed by atoms with Gasteiger partial charge in [-0.3, -0.25) is 9.78 Å². The summed E-state index contributed by atoms with van der Waals surface area (Å²) in [5.74, 6) is 0.0376. The first-order valence-electron chi connectivity index (χ1n) is 6.84. The molecule has 0 radical (unpaired) electrons. The van der Waals surface area contributed by atoms with Gasteiger partial charge in [0.1, 0.15) is 0 Å². The molecular weight excluding hydrogens is 250 g/mol. The van der Waals surface area contributed by atoms with E-state index < -0.39 is 0 Å². The van der Waals surface area contributed by atoms with Crippen molar-refractivity contribution in [2.75, 3.05) is 18.0 Å². The molecule has 0 atom stereocenters. The smallest absolute Gasteiger partial charge is 0.258 e. The summed E-state index contributed by atoms with van der Waals surface area (Å²) in [4.78, 5) is 18.7. The number of carbonyl (C=O) groups is 1. The monoisotopic (exact) mass is 267 g/mol. The molecule has 0 saturated heterocycles. The molecule has 1 amide bonds. The molecule has 102 valence electrons. The molecule has 0 bridgehead atoms. The Morgan fingerprint density at radius 1 is 1.30 bits per heavy atom. The molecule has 1 aliphatic heterocycles. The number of rotatable bonds is 3. The fraction of sp³-hybridized carbons (Fsp3) is 0.250. The Labute approximate surface area is 118 Å². The van der Waals surface area contributed by atoms with Crippen LogP contribution in [-0.2, 0) is 12.8 Å². The number of carbonyl (C=O) groups excluding carboxylic acids is 1. The van der Waals surface area contributed by atoms with Crippen LogP contribution in [0.15, 0.2) is 42.6 Å². The van der Waals surface area contributed by atoms with Crippen molar-refractivity contribution in [1.29, 1.82) is 0 Å². The fourth-order valence-electron chi connectivity index (χ4n) is 2.60. The Bertz CT molecular complexity index is 639. The third-order valence-corrected chi connectivity index (χ3v) is 3.60. The first-order valence-corrected chi connectivity index (χ1v) is 6.84. The van der Waals surface area contributed by atoms with E-state index in [1.54, 1.807) is 12.3 Å². The van der Waals surface area contributed by atoms with Crippen LogP contribution in [0.5, 0.6) is 0 Å². The summed E-state index contributed by atoms with van der Waals surface area (Å²) in [6.07, 6.45) is 3.29. The first-order chi connectivity index (χ1) is 9.79. The highest BCUT2D eigenvalue weighted by Crippen LogP contribution is 2.28. The topological polar surface area (TPSA) is 59.2 Å². The van der Waals surface area contributed by atoms with Crippen LogP contribution in [0.1, 0.15) is 21.6 Å². The van der Waals surface area contributed by atoms with Crippen LogP contribution in [0.25, 0.3) is 0 Å². The molecule has 0 unspecified atom stereocenters. The number of nitrogens with two attached hydrogens (primary N) is 1. The number of pyridine rings is 1. The maximum atomic E-state index is 12.6. The Hall–Kier alpha value is -2.20. The Kier molecular flexibility index (Phi) is 3.48. The zero-order valence-corrected chi connectivity index (χ0v) is 11.2. The van der Waals surface area contributed by atoms with Gasteiger partial charge in [-0.05, 0) is 36.7 Å². The summed E-state index contributed by atoms with van der Waals surface area (Å²) < 4.78 is 0. The van der Waals surface area contributed by atoms with E-state index in [2.05, 4.69) is 11.1 Å². The standard InChI is InChI=1S/C16H17N3O/c17-8-5-14-11-13(6-9-18-14)16(20)19-10-7-12-3-1-2-4-15(12)19/h1-4,6,9,11H,5,7-8,10,17H2. The Balaban J connectivity index is 1.89. The lowest BCUT2D eigenvalue weighted by Crippen LogP contribution is -2.29. The molecule has 4 heteroatoms. The molecule has 0 spiro atoms. The van der Waals surface area contributed by atoms with Crippen LogP contribution in [0, 0.1) is 0 Å². The molecule has 2 heterocycles. The van der Waals surface area contributed by atoms with Crippen molar-refractivity contribution < 1.29 is 4.79 Å². The van der Waals surface area contributed by atoms with E-state index in [1.807, 2.05) is 29.2 Å². The van der Waals surface area contributed by atoms with E-state index in [-0.39, 0.29) is 5.91 Å². The summed E-state index contributed by atoms with van der Waals surface area (Å²) in [5.41, 5.74) is 9.34. The molecule has 20 heavy (non-hydrogen) atoms. The number of amides is 1. The molecule has 2 aromatic rings. The Morgan fingerprint density at radius 2 is 2.15 bits per heavy atom. The number of para-hydroxylation sites is 1. The van der Waals surface area contributed by atoms with Gasteiger partial charge >= 0.3 is 0 Å². The lowest BCUT2D eigenvalue weighted by molar-refractivity contribution is 0.0989. The molecule has 1 aromatic carbocycles. The molecule has 1 aromatic heterocycles. The van der Waals surface area contributed by atoms with Crippen LogP contribution >= 0.6 is 0 Å². The van der Waals surface area contributed by atoms with Crippen LogP contribution in [0.3, 0.4) is 0 Å². The molecule has 0 fully saturated rings. The van der Waals surface area contributed by atoms with E-state index in [1.165, 1.54) is 5.56 Å². The van der Waals surface area contributed by atoms with Gasteiger partial charge in [0.05, 0.1) is 0 Å². The number of fused-ring (bicyclic) bond motifs is 1. The minimum Gasteiger partial charge on any atom is -0.330 e. The van der Waals surface area contributed by atoms with Crippen molar-refractivity contribution in [3.63, 3.8) is 0 Å². The molecule has 0 aliphatic carbocycles. The van der Waals surface area contributed by atoms with E-state index >= 15 is 0 Å². The van der Waals surface area contributed by atoms with Crippen LogP contribution in [0.4, 0.5) is 5.69 Å². The van der Waals surface area contributed by atoms with Crippen molar-refractivity contribution in [3.05, 3.63) is 59.4 Å². The highest BCUT2D eigenvalue weighted by Gasteiger charge is 2.25. The van der Waals surface area contributed by atoms with Crippen molar-refractivity contribution in [1.82, 2.24) is 4.98 Å². The zero-order chi connectivity index (χ0) is 13.9. The summed E-state index contributed by atoms with van der Waals surface area (Å²) in [7, 11) is 0. The summed E-state index contributed by atoms with van der Waals surface area (Å²) in [6, 6.07) is 11.7. The third-order valence-electron chi connectivity index (χ3n) is 3.60. The van der Waals surface area contributed by atoms with Gasteiger partial charge in [0.25, 0.3) is 5.91 Å². The first kappa shape index (κ1) is 12.8. The van der Waals surface area contributed by atoms with Crippen molar-refractivity contribution in [2.24, 2.45) is 5.73 Å². The van der Waals surface area contributed by atoms with Gasteiger partial charge in [-0.2, -0.15) is 0 Å². The third kappa shape index (κ3) is 2.30. The maximum Gasteiger partial charge on any atom is 0.258 e. The summed E-state index contributed by atoms with van der Waals surface area (Å²) >= 11 is 0. The summed E-state index contributed by atoms with van der Waals surface area (Å²) in [6.45, 7) is 1.28. The van der Waals surface area contributed by atoms with Crippen LogP contribution in [0.2, 0.25) is 0 Å². The molecule has 3 rings (SSSR count). The second-order valence-corrected chi connectivity index (χ2v) is 4.91. The predicted molar refractivity (Wildman–Crippen MR) is 78.8 cm³/mol. The predicted octanol–water partition coefficient (Wildman–Crippen LogP) is 1.79. The van der Waals surface area contributed by atoms with Crippen LogP contribution < -0.4 is 10.6 Å². The fourth-order valence-corrected chi connectivity index (χ4v) is 2.60. The quantitative estimate of drug-likeness (QED) is 0.922. The number of anilines is 1. The van der Waals surface area contributed by atoms with E-state index in [9.17, 15) is 4.79 Å². The lowest BCUT2D eigenvalue weighted by atomic mass is 10.1. The van der Waals surface area contributed by atoms with Gasteiger partial charge in [-0.25, -0.2) is 0 Å². The molecule has 0 saturated carbocycles. The number of benzene rings is 1. The number of aromatic nitrogens is 1. The van der Waals surface area contributed by atoms with Crippen molar-refractivity contribution in [3.8, 4) is 0 Å². The SMILES string of the molecule is NCCc1cc(C(=O)N2CCc3ccccc32)ccn1. The number of hydrogen-bond acceptors (Lipinski definition) is 3. The minimum absolute atomic E-state index is 0.0376. The van der Waals surface area contributed by atoms with Crippen molar-refractivity contribution in [2.45, 2.75) is 12.8 Å². The number of hydrogen-bond donors (Lipinski definition) is 1. The second-order valence-electron chi connectivity index (χ2n) is 4.91. The van der Waals surface area contributed by atoms with Gasteiger partial charge in [-0.1, -0.05) is 18.2 Å². The lowest BCUT2D eigenvalue weighted by Gasteiger charge is -2.17. The number of nitrogens with zero attached hydrogens (tertiary/aromatic N) is 2. The van der Waals surface area contributed by atoms with Gasteiger partial charge in [0.2, 0.25) is 0 Å². The van der Waals surface area contributed by atoms with Gasteiger partial charge < -0.3 is 10.6 Å². The largest absolute Gasteiger partial charge is 0.330 e. The van der Waals surface area contributed by atoms with Gasteiger partial charge in [0, 0.05) is 36.1 Å². The normalized spacial score (nSPS) is 13.3. The molecular formula is C16H17N3O. The highest BCUT2D eigenvalue weighted by molar-refractivity contribution is 6.07. The minimum atomic E-state index is 0.0376. The van der Waals surface area contributed by atoms with E-state index in [4.69, 9.17) is 5.73 Å². The maximum absolute atomic E-state index is 12.6. The molecule has 4 nitrogen and oxygen atoms in total. The van der Waals surface area contributed by atoms with Crippen LogP contribution in [-0.4, -0.2) is 24.0 Å².